The summed E-state index contributed by atoms with van der Waals surface area (Å²) < 4.78 is 5.58. The van der Waals surface area contributed by atoms with Gasteiger partial charge in [-0.25, -0.2) is 0 Å². The molecule has 0 aliphatic heterocycles. The van der Waals surface area contributed by atoms with Crippen LogP contribution in [0.15, 0.2) is 24.3 Å². The number of aliphatic hydroxyl groups excluding tert-OH is 1. The summed E-state index contributed by atoms with van der Waals surface area (Å²) in [4.78, 5) is 0. The zero-order valence-corrected chi connectivity index (χ0v) is 10.6. The molecule has 0 aromatic heterocycles. The van der Waals surface area contributed by atoms with E-state index in [0.717, 1.165) is 12.2 Å². The molecule has 0 heterocycles. The Labute approximate surface area is 98.3 Å². The van der Waals surface area contributed by atoms with Gasteiger partial charge in [-0.15, -0.1) is 0 Å². The van der Waals surface area contributed by atoms with Gasteiger partial charge in [0.25, 0.3) is 0 Å². The molecule has 1 aromatic carbocycles. The van der Waals surface area contributed by atoms with Crippen molar-refractivity contribution >= 4 is 0 Å². The molecule has 2 unspecified atom stereocenters. The molecule has 1 aromatic rings. The van der Waals surface area contributed by atoms with E-state index < -0.39 is 0 Å². The van der Waals surface area contributed by atoms with Gasteiger partial charge in [0.1, 0.15) is 5.75 Å². The summed E-state index contributed by atoms with van der Waals surface area (Å²) in [6.45, 7) is 7.99. The van der Waals surface area contributed by atoms with Crippen molar-refractivity contribution in [2.75, 3.05) is 0 Å². The van der Waals surface area contributed by atoms with Crippen LogP contribution in [0.1, 0.15) is 45.6 Å². The summed E-state index contributed by atoms with van der Waals surface area (Å²) in [5.41, 5.74) is 1.25. The first kappa shape index (κ1) is 13.0. The highest BCUT2D eigenvalue weighted by molar-refractivity contribution is 5.29. The molecule has 90 valence electrons. The number of aliphatic hydroxyl groups is 1. The fraction of sp³-hybridized carbons (Fsp3) is 0.571. The Hall–Kier alpha value is -1.02. The van der Waals surface area contributed by atoms with Crippen LogP contribution in [0.25, 0.3) is 0 Å². The quantitative estimate of drug-likeness (QED) is 0.828. The summed E-state index contributed by atoms with van der Waals surface area (Å²) >= 11 is 0. The maximum Gasteiger partial charge on any atom is 0.119 e. The largest absolute Gasteiger partial charge is 0.491 e. The van der Waals surface area contributed by atoms with E-state index in [0.29, 0.717) is 5.92 Å². The fourth-order valence-corrected chi connectivity index (χ4v) is 1.79. The van der Waals surface area contributed by atoms with Gasteiger partial charge in [0.2, 0.25) is 0 Å². The Morgan fingerprint density at radius 1 is 1.06 bits per heavy atom. The van der Waals surface area contributed by atoms with Gasteiger partial charge in [-0.05, 0) is 50.8 Å². The average molecular weight is 222 g/mol. The Morgan fingerprint density at radius 3 is 2.06 bits per heavy atom. The van der Waals surface area contributed by atoms with Crippen molar-refractivity contribution in [2.45, 2.75) is 52.2 Å². The molecule has 1 N–H and O–H groups in total. The third-order valence-electron chi connectivity index (χ3n) is 2.52. The van der Waals surface area contributed by atoms with E-state index in [-0.39, 0.29) is 12.2 Å². The molecule has 2 heteroatoms. The molecule has 0 amide bonds. The van der Waals surface area contributed by atoms with Crippen molar-refractivity contribution in [3.05, 3.63) is 29.8 Å². The molecule has 16 heavy (non-hydrogen) atoms. The molecule has 0 saturated heterocycles. The molecule has 2 atom stereocenters. The highest BCUT2D eigenvalue weighted by atomic mass is 16.5. The van der Waals surface area contributed by atoms with Crippen molar-refractivity contribution in [2.24, 2.45) is 0 Å². The number of hydrogen-bond donors (Lipinski definition) is 1. The molecule has 0 radical (unpaired) electrons. The van der Waals surface area contributed by atoms with Crippen molar-refractivity contribution < 1.29 is 9.84 Å². The lowest BCUT2D eigenvalue weighted by Gasteiger charge is -2.15. The van der Waals surface area contributed by atoms with Crippen molar-refractivity contribution in [1.82, 2.24) is 0 Å². The lowest BCUT2D eigenvalue weighted by atomic mass is 9.95. The van der Waals surface area contributed by atoms with Crippen LogP contribution in [-0.4, -0.2) is 17.3 Å². The fourth-order valence-electron chi connectivity index (χ4n) is 1.79. The van der Waals surface area contributed by atoms with Crippen LogP contribution in [0, 0.1) is 0 Å². The van der Waals surface area contributed by atoms with Crippen LogP contribution < -0.4 is 4.74 Å². The van der Waals surface area contributed by atoms with Gasteiger partial charge in [0, 0.05) is 0 Å². The summed E-state index contributed by atoms with van der Waals surface area (Å²) in [6.07, 6.45) is 0.757. The van der Waals surface area contributed by atoms with Crippen LogP contribution in [0.2, 0.25) is 0 Å². The van der Waals surface area contributed by atoms with Gasteiger partial charge in [0.15, 0.2) is 0 Å². The maximum atomic E-state index is 9.33. The SMILES string of the molecule is CC(O)CC(C)c1ccc(OC(C)C)cc1. The Bertz CT molecular complexity index is 301. The molecule has 0 bridgehead atoms. The molecular formula is C14H22O2. The Kier molecular flexibility index (Phi) is 4.81. The van der Waals surface area contributed by atoms with E-state index in [1.165, 1.54) is 5.56 Å². The first-order valence-corrected chi connectivity index (χ1v) is 5.93. The van der Waals surface area contributed by atoms with Crippen LogP contribution >= 0.6 is 0 Å². The molecular weight excluding hydrogens is 200 g/mol. The first-order chi connectivity index (χ1) is 7.49. The molecule has 1 rings (SSSR count). The molecule has 0 spiro atoms. The minimum atomic E-state index is -0.249. The number of benzene rings is 1. The minimum Gasteiger partial charge on any atom is -0.491 e. The molecule has 0 fully saturated rings. The van der Waals surface area contributed by atoms with Gasteiger partial charge in [-0.3, -0.25) is 0 Å². The predicted octanol–water partition coefficient (Wildman–Crippen LogP) is 3.35. The first-order valence-electron chi connectivity index (χ1n) is 5.93. The topological polar surface area (TPSA) is 29.5 Å². The van der Waals surface area contributed by atoms with Gasteiger partial charge < -0.3 is 9.84 Å². The van der Waals surface area contributed by atoms with E-state index in [1.807, 2.05) is 32.9 Å². The van der Waals surface area contributed by atoms with E-state index in [2.05, 4.69) is 19.1 Å². The van der Waals surface area contributed by atoms with E-state index in [9.17, 15) is 5.11 Å². The second-order valence-electron chi connectivity index (χ2n) is 4.72. The van der Waals surface area contributed by atoms with Crippen LogP contribution in [0.4, 0.5) is 0 Å². The summed E-state index contributed by atoms with van der Waals surface area (Å²) in [5, 5.41) is 9.33. The number of hydrogen-bond acceptors (Lipinski definition) is 2. The van der Waals surface area contributed by atoms with E-state index in [4.69, 9.17) is 4.74 Å². The van der Waals surface area contributed by atoms with Gasteiger partial charge in [0.05, 0.1) is 12.2 Å². The molecule has 0 aliphatic rings. The minimum absolute atomic E-state index is 0.209. The summed E-state index contributed by atoms with van der Waals surface area (Å²) in [6, 6.07) is 8.14. The standard InChI is InChI=1S/C14H22O2/c1-10(2)16-14-7-5-13(6-8-14)11(3)9-12(4)15/h5-8,10-12,15H,9H2,1-4H3. The normalized spacial score (nSPS) is 14.9. The molecule has 2 nitrogen and oxygen atoms in total. The summed E-state index contributed by atoms with van der Waals surface area (Å²) in [7, 11) is 0. The van der Waals surface area contributed by atoms with Crippen molar-refractivity contribution in [3.63, 3.8) is 0 Å². The Morgan fingerprint density at radius 2 is 1.62 bits per heavy atom. The second kappa shape index (κ2) is 5.90. The highest BCUT2D eigenvalue weighted by Gasteiger charge is 2.08. The second-order valence-corrected chi connectivity index (χ2v) is 4.72. The van der Waals surface area contributed by atoms with Crippen molar-refractivity contribution in [3.8, 4) is 5.75 Å². The van der Waals surface area contributed by atoms with Crippen LogP contribution in [0.5, 0.6) is 5.75 Å². The van der Waals surface area contributed by atoms with E-state index >= 15 is 0 Å². The maximum absolute atomic E-state index is 9.33. The lowest BCUT2D eigenvalue weighted by Crippen LogP contribution is -2.07. The highest BCUT2D eigenvalue weighted by Crippen LogP contribution is 2.23. The third-order valence-corrected chi connectivity index (χ3v) is 2.52. The number of ether oxygens (including phenoxy) is 1. The van der Waals surface area contributed by atoms with Gasteiger partial charge in [-0.2, -0.15) is 0 Å². The lowest BCUT2D eigenvalue weighted by molar-refractivity contribution is 0.176. The Balaban J connectivity index is 2.63. The third kappa shape index (κ3) is 4.23. The van der Waals surface area contributed by atoms with E-state index in [1.54, 1.807) is 0 Å². The molecule has 0 aliphatic carbocycles. The van der Waals surface area contributed by atoms with Crippen LogP contribution in [0.3, 0.4) is 0 Å². The zero-order valence-electron chi connectivity index (χ0n) is 10.6. The molecule has 0 saturated carbocycles. The monoisotopic (exact) mass is 222 g/mol. The average Bonchev–Trinajstić information content (AvgIpc) is 2.16. The van der Waals surface area contributed by atoms with Gasteiger partial charge in [-0.1, -0.05) is 19.1 Å². The smallest absolute Gasteiger partial charge is 0.119 e. The number of rotatable bonds is 5. The predicted molar refractivity (Wildman–Crippen MR) is 66.9 cm³/mol. The van der Waals surface area contributed by atoms with Crippen LogP contribution in [-0.2, 0) is 0 Å². The zero-order chi connectivity index (χ0) is 12.1. The van der Waals surface area contributed by atoms with Crippen molar-refractivity contribution in [1.29, 1.82) is 0 Å². The van der Waals surface area contributed by atoms with Gasteiger partial charge >= 0.3 is 0 Å². The summed E-state index contributed by atoms with van der Waals surface area (Å²) in [5.74, 6) is 1.29.